The molecule has 0 saturated carbocycles. The van der Waals surface area contributed by atoms with E-state index < -0.39 is 0 Å². The van der Waals surface area contributed by atoms with Crippen LogP contribution in [0.3, 0.4) is 0 Å². The number of nitrogens with zero attached hydrogens (tertiary/aromatic N) is 2. The Bertz CT molecular complexity index is 636. The van der Waals surface area contributed by atoms with E-state index in [1.165, 1.54) is 12.1 Å². The van der Waals surface area contributed by atoms with Gasteiger partial charge in [0.25, 0.3) is 0 Å². The Morgan fingerprint density at radius 2 is 1.85 bits per heavy atom. The molecule has 0 aliphatic carbocycles. The van der Waals surface area contributed by atoms with Gasteiger partial charge in [0.15, 0.2) is 5.82 Å². The van der Waals surface area contributed by atoms with Crippen molar-refractivity contribution in [2.45, 2.75) is 33.6 Å². The molecule has 0 aliphatic rings. The summed E-state index contributed by atoms with van der Waals surface area (Å²) in [5.41, 5.74) is 3.78. The second-order valence-electron chi connectivity index (χ2n) is 5.26. The second kappa shape index (κ2) is 5.57. The van der Waals surface area contributed by atoms with Crippen molar-refractivity contribution in [1.29, 1.82) is 0 Å². The number of aryl methyl sites for hydroxylation is 2. The quantitative estimate of drug-likeness (QED) is 0.916. The van der Waals surface area contributed by atoms with Crippen LogP contribution in [0.5, 0.6) is 0 Å². The molecule has 0 radical (unpaired) electrons. The molecule has 20 heavy (non-hydrogen) atoms. The summed E-state index contributed by atoms with van der Waals surface area (Å²) in [6, 6.07) is 4.67. The minimum Gasteiger partial charge on any atom is -0.373 e. The van der Waals surface area contributed by atoms with E-state index in [0.717, 1.165) is 28.2 Å². The zero-order valence-corrected chi connectivity index (χ0v) is 12.6. The van der Waals surface area contributed by atoms with E-state index in [0.29, 0.717) is 11.7 Å². The molecule has 1 N–H and O–H groups in total. The highest BCUT2D eigenvalue weighted by Gasteiger charge is 2.15. The van der Waals surface area contributed by atoms with Gasteiger partial charge < -0.3 is 5.32 Å². The number of aromatic nitrogens is 2. The van der Waals surface area contributed by atoms with E-state index in [1.807, 2.05) is 20.9 Å². The molecule has 0 atom stereocenters. The highest BCUT2D eigenvalue weighted by Crippen LogP contribution is 2.29. The third kappa shape index (κ3) is 2.64. The Labute approximate surface area is 119 Å². The first kappa shape index (κ1) is 14.4. The molecule has 1 aromatic carbocycles. The lowest BCUT2D eigenvalue weighted by molar-refractivity contribution is 0.627. The van der Waals surface area contributed by atoms with Gasteiger partial charge in [0, 0.05) is 23.9 Å². The van der Waals surface area contributed by atoms with Crippen LogP contribution in [-0.2, 0) is 0 Å². The lowest BCUT2D eigenvalue weighted by atomic mass is 10.0. The van der Waals surface area contributed by atoms with Crippen LogP contribution < -0.4 is 5.32 Å². The Morgan fingerprint density at radius 3 is 2.40 bits per heavy atom. The smallest absolute Gasteiger partial charge is 0.162 e. The van der Waals surface area contributed by atoms with Gasteiger partial charge in [-0.25, -0.2) is 14.4 Å². The molecule has 2 rings (SSSR count). The molecular formula is C16H20FN3. The number of anilines is 1. The molecule has 0 aliphatic heterocycles. The van der Waals surface area contributed by atoms with Crippen LogP contribution in [0.4, 0.5) is 10.2 Å². The van der Waals surface area contributed by atoms with Gasteiger partial charge in [0.05, 0.1) is 0 Å². The Morgan fingerprint density at radius 1 is 1.15 bits per heavy atom. The highest BCUT2D eigenvalue weighted by molar-refractivity contribution is 5.63. The third-order valence-electron chi connectivity index (χ3n) is 3.38. The molecule has 106 valence electrons. The fourth-order valence-corrected chi connectivity index (χ4v) is 2.46. The van der Waals surface area contributed by atoms with Crippen LogP contribution in [0.25, 0.3) is 11.4 Å². The molecule has 3 nitrogen and oxygen atoms in total. The molecule has 0 unspecified atom stereocenters. The maximum atomic E-state index is 13.2. The summed E-state index contributed by atoms with van der Waals surface area (Å²) in [4.78, 5) is 9.18. The summed E-state index contributed by atoms with van der Waals surface area (Å²) in [5, 5.41) is 3.13. The second-order valence-corrected chi connectivity index (χ2v) is 5.26. The summed E-state index contributed by atoms with van der Waals surface area (Å²) >= 11 is 0. The van der Waals surface area contributed by atoms with Crippen molar-refractivity contribution in [2.75, 3.05) is 12.4 Å². The lowest BCUT2D eigenvalue weighted by Gasteiger charge is -2.16. The first-order valence-corrected chi connectivity index (χ1v) is 6.76. The van der Waals surface area contributed by atoms with Crippen molar-refractivity contribution < 1.29 is 4.39 Å². The minimum absolute atomic E-state index is 0.240. The van der Waals surface area contributed by atoms with E-state index in [4.69, 9.17) is 0 Å². The number of hydrogen-bond acceptors (Lipinski definition) is 3. The van der Waals surface area contributed by atoms with Crippen molar-refractivity contribution in [1.82, 2.24) is 9.97 Å². The van der Waals surface area contributed by atoms with Gasteiger partial charge in [-0.2, -0.15) is 0 Å². The fraction of sp³-hybridized carbons (Fsp3) is 0.375. The minimum atomic E-state index is -0.240. The van der Waals surface area contributed by atoms with Crippen molar-refractivity contribution in [3.05, 3.63) is 40.8 Å². The van der Waals surface area contributed by atoms with Crippen LogP contribution in [0, 0.1) is 19.7 Å². The van der Waals surface area contributed by atoms with Crippen LogP contribution in [-0.4, -0.2) is 17.0 Å². The van der Waals surface area contributed by atoms with Gasteiger partial charge in [-0.05, 0) is 43.5 Å². The lowest BCUT2D eigenvalue weighted by Crippen LogP contribution is -2.07. The van der Waals surface area contributed by atoms with E-state index in [1.54, 1.807) is 6.07 Å². The van der Waals surface area contributed by atoms with Crippen LogP contribution in [0.15, 0.2) is 18.2 Å². The van der Waals surface area contributed by atoms with E-state index in [9.17, 15) is 4.39 Å². The number of halogens is 1. The third-order valence-corrected chi connectivity index (χ3v) is 3.38. The molecular weight excluding hydrogens is 253 g/mol. The van der Waals surface area contributed by atoms with E-state index in [-0.39, 0.29) is 5.82 Å². The van der Waals surface area contributed by atoms with Crippen molar-refractivity contribution in [2.24, 2.45) is 0 Å². The summed E-state index contributed by atoms with van der Waals surface area (Å²) in [5.74, 6) is 1.58. The van der Waals surface area contributed by atoms with Crippen molar-refractivity contribution >= 4 is 5.82 Å². The van der Waals surface area contributed by atoms with Crippen molar-refractivity contribution in [3.63, 3.8) is 0 Å². The van der Waals surface area contributed by atoms with Gasteiger partial charge >= 0.3 is 0 Å². The standard InChI is InChI=1S/C16H20FN3/c1-9(2)14-11(4)19-15(20-16(14)18-5)13-7-6-12(17)8-10(13)3/h6-9H,1-5H3,(H,18,19,20). The fourth-order valence-electron chi connectivity index (χ4n) is 2.46. The molecule has 0 saturated heterocycles. The predicted octanol–water partition coefficient (Wildman–Crippen LogP) is 4.06. The zero-order chi connectivity index (χ0) is 14.9. The van der Waals surface area contributed by atoms with Gasteiger partial charge in [-0.3, -0.25) is 0 Å². The SMILES string of the molecule is CNc1nc(-c2ccc(F)cc2C)nc(C)c1C(C)C. The van der Waals surface area contributed by atoms with Crippen LogP contribution in [0.2, 0.25) is 0 Å². The molecule has 0 fully saturated rings. The normalized spacial score (nSPS) is 10.9. The summed E-state index contributed by atoms with van der Waals surface area (Å²) < 4.78 is 13.2. The average molecular weight is 273 g/mol. The largest absolute Gasteiger partial charge is 0.373 e. The molecule has 1 aromatic heterocycles. The van der Waals surface area contributed by atoms with Crippen LogP contribution in [0.1, 0.15) is 36.6 Å². The summed E-state index contributed by atoms with van der Waals surface area (Å²) in [6.07, 6.45) is 0. The van der Waals surface area contributed by atoms with Gasteiger partial charge in [-0.15, -0.1) is 0 Å². The molecule has 2 aromatic rings. The molecule has 4 heteroatoms. The first-order valence-electron chi connectivity index (χ1n) is 6.76. The highest BCUT2D eigenvalue weighted by atomic mass is 19.1. The monoisotopic (exact) mass is 273 g/mol. The molecule has 0 spiro atoms. The van der Waals surface area contributed by atoms with Gasteiger partial charge in [-0.1, -0.05) is 13.8 Å². The number of rotatable bonds is 3. The predicted molar refractivity (Wildman–Crippen MR) is 80.5 cm³/mol. The Kier molecular flexibility index (Phi) is 4.02. The molecule has 0 amide bonds. The zero-order valence-electron chi connectivity index (χ0n) is 12.6. The molecule has 0 bridgehead atoms. The van der Waals surface area contributed by atoms with Gasteiger partial charge in [0.1, 0.15) is 11.6 Å². The summed E-state index contributed by atoms with van der Waals surface area (Å²) in [6.45, 7) is 8.09. The Hall–Kier alpha value is -1.97. The maximum absolute atomic E-state index is 13.2. The van der Waals surface area contributed by atoms with Crippen molar-refractivity contribution in [3.8, 4) is 11.4 Å². The topological polar surface area (TPSA) is 37.8 Å². The number of hydrogen-bond donors (Lipinski definition) is 1. The average Bonchev–Trinajstić information content (AvgIpc) is 2.37. The Balaban J connectivity index is 2.61. The first-order chi connectivity index (χ1) is 9.43. The van der Waals surface area contributed by atoms with Gasteiger partial charge in [0.2, 0.25) is 0 Å². The summed E-state index contributed by atoms with van der Waals surface area (Å²) in [7, 11) is 1.86. The van der Waals surface area contributed by atoms with E-state index in [2.05, 4.69) is 29.1 Å². The van der Waals surface area contributed by atoms with E-state index >= 15 is 0 Å². The van der Waals surface area contributed by atoms with Crippen LogP contribution >= 0.6 is 0 Å². The molecule has 1 heterocycles. The number of nitrogens with one attached hydrogen (secondary N) is 1. The number of benzene rings is 1. The maximum Gasteiger partial charge on any atom is 0.162 e.